The van der Waals surface area contributed by atoms with E-state index in [9.17, 15) is 28.8 Å². The Morgan fingerprint density at radius 3 is 1.81 bits per heavy atom. The number of nitrogens with one attached hydrogen (secondary N) is 3. The normalized spacial score (nSPS) is 21.9. The van der Waals surface area contributed by atoms with Crippen LogP contribution < -0.4 is 16.0 Å². The Hall–Kier alpha value is -4.98. The van der Waals surface area contributed by atoms with Crippen LogP contribution in [0.15, 0.2) is 48.5 Å². The molecule has 48 heavy (non-hydrogen) atoms. The van der Waals surface area contributed by atoms with Gasteiger partial charge in [-0.15, -0.1) is 0 Å². The fourth-order valence-corrected chi connectivity index (χ4v) is 5.99. The predicted molar refractivity (Wildman–Crippen MR) is 169 cm³/mol. The van der Waals surface area contributed by atoms with Crippen molar-refractivity contribution in [1.29, 1.82) is 0 Å². The van der Waals surface area contributed by atoms with Crippen LogP contribution in [0, 0.1) is 5.92 Å². The maximum absolute atomic E-state index is 13.7. The molecule has 1 aliphatic carbocycles. The van der Waals surface area contributed by atoms with Crippen molar-refractivity contribution in [1.82, 2.24) is 16.0 Å². The van der Waals surface area contributed by atoms with Gasteiger partial charge in [-0.05, 0) is 28.2 Å². The lowest BCUT2D eigenvalue weighted by atomic mass is 9.94. The Kier molecular flexibility index (Phi) is 11.8. The third-order valence-electron chi connectivity index (χ3n) is 7.97. The minimum Gasteiger partial charge on any atom is -0.463 e. The number of carbonyl (C=O) groups excluding carboxylic acids is 6. The summed E-state index contributed by atoms with van der Waals surface area (Å²) in [7, 11) is 0. The zero-order valence-electron chi connectivity index (χ0n) is 27.6. The number of hydrogen-bond acceptors (Lipinski definition) is 11. The molecule has 14 nitrogen and oxygen atoms in total. The molecule has 3 amide bonds. The van der Waals surface area contributed by atoms with Crippen LogP contribution in [0.4, 0.5) is 4.79 Å². The average molecular weight is 668 g/mol. The van der Waals surface area contributed by atoms with Crippen LogP contribution in [-0.2, 0) is 47.7 Å². The van der Waals surface area contributed by atoms with Gasteiger partial charge < -0.3 is 39.6 Å². The van der Waals surface area contributed by atoms with Crippen LogP contribution in [0.2, 0.25) is 0 Å². The molecule has 2 aromatic rings. The molecule has 14 heteroatoms. The Labute approximate surface area is 278 Å². The third-order valence-corrected chi connectivity index (χ3v) is 7.97. The van der Waals surface area contributed by atoms with Crippen LogP contribution in [0.5, 0.6) is 0 Å². The molecule has 4 rings (SSSR count). The second-order valence-electron chi connectivity index (χ2n) is 12.0. The van der Waals surface area contributed by atoms with Gasteiger partial charge in [0, 0.05) is 33.6 Å². The standard InChI is InChI=1S/C34H41N3O11/c1-17(2)28(36-34(43)45-15-26-24-13-9-7-11-22(24)23-12-8-10-14-25(23)26)32(42)37-33-29(35-18(3)38)31(47-21(6)41)30(46-20(5)40)27(48-33)16-44-19(4)39/h7-14,17,26-31,33H,15-16H2,1-6H3,(H,35,38)(H,36,43)(H,37,42)/t27-,28+,29-,30-,31-,33-/m1/s1. The summed E-state index contributed by atoms with van der Waals surface area (Å²) in [6.07, 6.45) is -6.11. The lowest BCUT2D eigenvalue weighted by Crippen LogP contribution is -2.70. The molecule has 0 saturated carbocycles. The second kappa shape index (κ2) is 15.7. The summed E-state index contributed by atoms with van der Waals surface area (Å²) in [6.45, 7) is 7.62. The third kappa shape index (κ3) is 8.68. The second-order valence-corrected chi connectivity index (χ2v) is 12.0. The summed E-state index contributed by atoms with van der Waals surface area (Å²) in [5, 5.41) is 7.87. The Morgan fingerprint density at radius 2 is 1.29 bits per heavy atom. The minimum atomic E-state index is -1.39. The van der Waals surface area contributed by atoms with E-state index < -0.39 is 85.0 Å². The van der Waals surface area contributed by atoms with Gasteiger partial charge in [0.2, 0.25) is 11.8 Å². The van der Waals surface area contributed by atoms with Gasteiger partial charge in [-0.3, -0.25) is 24.0 Å². The molecular weight excluding hydrogens is 626 g/mol. The summed E-state index contributed by atoms with van der Waals surface area (Å²) in [6, 6.07) is 13.4. The number of hydrogen-bond donors (Lipinski definition) is 3. The smallest absolute Gasteiger partial charge is 0.407 e. The molecule has 0 unspecified atom stereocenters. The number of benzene rings is 2. The molecule has 1 fully saturated rings. The van der Waals surface area contributed by atoms with E-state index in [1.807, 2.05) is 48.5 Å². The number of rotatable bonds is 11. The van der Waals surface area contributed by atoms with Gasteiger partial charge in [0.1, 0.15) is 31.4 Å². The molecule has 2 aromatic carbocycles. The summed E-state index contributed by atoms with van der Waals surface area (Å²) >= 11 is 0. The van der Waals surface area contributed by atoms with Crippen LogP contribution in [0.1, 0.15) is 58.6 Å². The molecule has 0 aromatic heterocycles. The molecule has 6 atom stereocenters. The Bertz CT molecular complexity index is 1500. The molecule has 0 spiro atoms. The Balaban J connectivity index is 1.52. The first-order valence-electron chi connectivity index (χ1n) is 15.6. The highest BCUT2D eigenvalue weighted by atomic mass is 16.6. The molecule has 0 radical (unpaired) electrons. The molecule has 1 saturated heterocycles. The van der Waals surface area contributed by atoms with Gasteiger partial charge >= 0.3 is 24.0 Å². The average Bonchev–Trinajstić information content (AvgIpc) is 3.33. The molecule has 3 N–H and O–H groups in total. The Morgan fingerprint density at radius 1 is 0.729 bits per heavy atom. The minimum absolute atomic E-state index is 0.0298. The van der Waals surface area contributed by atoms with E-state index in [-0.39, 0.29) is 12.5 Å². The summed E-state index contributed by atoms with van der Waals surface area (Å²) in [5.41, 5.74) is 4.19. The van der Waals surface area contributed by atoms with Crippen molar-refractivity contribution in [2.75, 3.05) is 13.2 Å². The predicted octanol–water partition coefficient (Wildman–Crippen LogP) is 2.32. The fourth-order valence-electron chi connectivity index (χ4n) is 5.99. The molecule has 1 heterocycles. The van der Waals surface area contributed by atoms with E-state index >= 15 is 0 Å². The van der Waals surface area contributed by atoms with E-state index in [2.05, 4.69) is 16.0 Å². The largest absolute Gasteiger partial charge is 0.463 e. The van der Waals surface area contributed by atoms with Crippen molar-refractivity contribution in [2.24, 2.45) is 5.92 Å². The SMILES string of the molecule is CC(=O)N[C@@H]1[C@@H](OC(C)=O)[C@H](OC(C)=O)[C@@H](COC(C)=O)O[C@H]1NC(=O)[C@@H](NC(=O)OCC1c2ccccc2-c2ccccc21)C(C)C. The van der Waals surface area contributed by atoms with Crippen LogP contribution in [0.3, 0.4) is 0 Å². The van der Waals surface area contributed by atoms with Gasteiger partial charge in [0.05, 0.1) is 0 Å². The van der Waals surface area contributed by atoms with Gasteiger partial charge in [-0.2, -0.15) is 0 Å². The van der Waals surface area contributed by atoms with Gasteiger partial charge in [-0.1, -0.05) is 62.4 Å². The van der Waals surface area contributed by atoms with E-state index in [0.717, 1.165) is 43.0 Å². The summed E-state index contributed by atoms with van der Waals surface area (Å²) in [5.74, 6) is -4.12. The number of ether oxygens (including phenoxy) is 5. The van der Waals surface area contributed by atoms with Crippen molar-refractivity contribution in [3.05, 3.63) is 59.7 Å². The number of esters is 3. The van der Waals surface area contributed by atoms with Crippen molar-refractivity contribution >= 4 is 35.8 Å². The first-order valence-corrected chi connectivity index (χ1v) is 15.6. The molecule has 2 aliphatic rings. The number of carbonyl (C=O) groups is 6. The lowest BCUT2D eigenvalue weighted by molar-refractivity contribution is -0.228. The van der Waals surface area contributed by atoms with Gasteiger partial charge in [0.15, 0.2) is 18.4 Å². The van der Waals surface area contributed by atoms with E-state index in [1.165, 1.54) is 6.92 Å². The summed E-state index contributed by atoms with van der Waals surface area (Å²) < 4.78 is 27.6. The van der Waals surface area contributed by atoms with Crippen molar-refractivity contribution in [3.63, 3.8) is 0 Å². The monoisotopic (exact) mass is 667 g/mol. The lowest BCUT2D eigenvalue weighted by Gasteiger charge is -2.45. The van der Waals surface area contributed by atoms with Crippen LogP contribution >= 0.6 is 0 Å². The fraction of sp³-hybridized carbons (Fsp3) is 0.471. The molecule has 1 aliphatic heterocycles. The first kappa shape index (κ1) is 35.9. The highest BCUT2D eigenvalue weighted by molar-refractivity contribution is 5.86. The molecular formula is C34H41N3O11. The van der Waals surface area contributed by atoms with Crippen molar-refractivity contribution in [2.45, 2.75) is 84.1 Å². The topological polar surface area (TPSA) is 185 Å². The van der Waals surface area contributed by atoms with Crippen molar-refractivity contribution in [3.8, 4) is 11.1 Å². The molecule has 258 valence electrons. The zero-order chi connectivity index (χ0) is 35.1. The highest BCUT2D eigenvalue weighted by Crippen LogP contribution is 2.44. The number of alkyl carbamates (subject to hydrolysis) is 1. The number of fused-ring (bicyclic) bond motifs is 3. The van der Waals surface area contributed by atoms with E-state index in [4.69, 9.17) is 23.7 Å². The highest BCUT2D eigenvalue weighted by Gasteiger charge is 2.51. The zero-order valence-corrected chi connectivity index (χ0v) is 27.6. The first-order chi connectivity index (χ1) is 22.8. The van der Waals surface area contributed by atoms with E-state index in [0.29, 0.717) is 0 Å². The quantitative estimate of drug-likeness (QED) is 0.236. The maximum atomic E-state index is 13.7. The summed E-state index contributed by atoms with van der Waals surface area (Å²) in [4.78, 5) is 74.8. The van der Waals surface area contributed by atoms with Gasteiger partial charge in [0.25, 0.3) is 0 Å². The maximum Gasteiger partial charge on any atom is 0.407 e. The van der Waals surface area contributed by atoms with Crippen LogP contribution in [-0.4, -0.2) is 85.7 Å². The van der Waals surface area contributed by atoms with Gasteiger partial charge in [-0.25, -0.2) is 4.79 Å². The molecule has 0 bridgehead atoms. The van der Waals surface area contributed by atoms with Crippen LogP contribution in [0.25, 0.3) is 11.1 Å². The van der Waals surface area contributed by atoms with E-state index in [1.54, 1.807) is 13.8 Å². The van der Waals surface area contributed by atoms with Crippen molar-refractivity contribution < 1.29 is 52.5 Å². The number of amides is 3.